The Hall–Kier alpha value is -2.35. The van der Waals surface area contributed by atoms with Crippen LogP contribution in [0.5, 0.6) is 0 Å². The second-order valence-electron chi connectivity index (χ2n) is 5.29. The largest absolute Gasteiger partial charge is 0.485 e. The molecule has 1 aliphatic heterocycles. The van der Waals surface area contributed by atoms with Crippen LogP contribution < -0.4 is 0 Å². The predicted molar refractivity (Wildman–Crippen MR) is 83.5 cm³/mol. The van der Waals surface area contributed by atoms with Crippen molar-refractivity contribution in [3.8, 4) is 0 Å². The lowest BCUT2D eigenvalue weighted by Gasteiger charge is -2.28. The number of ketones is 1. The van der Waals surface area contributed by atoms with E-state index < -0.39 is 0 Å². The molecule has 2 aromatic carbocycles. The molecule has 0 N–H and O–H groups in total. The Kier molecular flexibility index (Phi) is 3.87. The van der Waals surface area contributed by atoms with E-state index in [-0.39, 0.29) is 11.9 Å². The van der Waals surface area contributed by atoms with Crippen LogP contribution in [0.3, 0.4) is 0 Å². The first-order valence-electron chi connectivity index (χ1n) is 7.27. The molecular formula is C19H18O2. The van der Waals surface area contributed by atoms with Crippen molar-refractivity contribution in [3.05, 3.63) is 77.4 Å². The first kappa shape index (κ1) is 13.6. The molecule has 0 amide bonds. The van der Waals surface area contributed by atoms with Gasteiger partial charge in [-0.05, 0) is 25.3 Å². The average Bonchev–Trinajstić information content (AvgIpc) is 2.56. The van der Waals surface area contributed by atoms with Gasteiger partial charge in [0.15, 0.2) is 5.78 Å². The Morgan fingerprint density at radius 1 is 1.00 bits per heavy atom. The summed E-state index contributed by atoms with van der Waals surface area (Å²) in [5, 5.41) is 0. The zero-order valence-corrected chi connectivity index (χ0v) is 12.1. The number of carbonyl (C=O) groups excluding carboxylic acids is 1. The van der Waals surface area contributed by atoms with Crippen LogP contribution in [0.15, 0.2) is 66.2 Å². The van der Waals surface area contributed by atoms with Gasteiger partial charge in [-0.1, -0.05) is 60.7 Å². The Labute approximate surface area is 125 Å². The Bertz CT molecular complexity index is 656. The van der Waals surface area contributed by atoms with E-state index in [2.05, 4.69) is 12.1 Å². The minimum Gasteiger partial charge on any atom is -0.485 e. The molecule has 0 radical (unpaired) electrons. The molecule has 0 spiro atoms. The first-order valence-corrected chi connectivity index (χ1v) is 7.27. The molecule has 0 bridgehead atoms. The summed E-state index contributed by atoms with van der Waals surface area (Å²) < 4.78 is 6.19. The SMILES string of the molecule is CC(=O)C1=C(c2ccccc2)OC(c2ccccc2)CC1. The predicted octanol–water partition coefficient (Wildman–Crippen LogP) is 4.54. The van der Waals surface area contributed by atoms with Gasteiger partial charge in [0.25, 0.3) is 0 Å². The lowest BCUT2D eigenvalue weighted by atomic mass is 9.93. The molecule has 2 heteroatoms. The molecule has 0 saturated heterocycles. The van der Waals surface area contributed by atoms with Crippen molar-refractivity contribution in [2.75, 3.05) is 0 Å². The normalized spacial score (nSPS) is 18.2. The zero-order valence-electron chi connectivity index (χ0n) is 12.1. The molecule has 2 aromatic rings. The van der Waals surface area contributed by atoms with E-state index >= 15 is 0 Å². The highest BCUT2D eigenvalue weighted by Crippen LogP contribution is 2.38. The smallest absolute Gasteiger partial charge is 0.159 e. The maximum absolute atomic E-state index is 11.9. The molecule has 0 fully saturated rings. The Balaban J connectivity index is 1.98. The quantitative estimate of drug-likeness (QED) is 0.824. The molecule has 21 heavy (non-hydrogen) atoms. The third-order valence-electron chi connectivity index (χ3n) is 3.82. The number of hydrogen-bond acceptors (Lipinski definition) is 2. The third kappa shape index (κ3) is 2.89. The van der Waals surface area contributed by atoms with E-state index in [9.17, 15) is 4.79 Å². The molecule has 0 saturated carbocycles. The fourth-order valence-corrected chi connectivity index (χ4v) is 2.73. The van der Waals surface area contributed by atoms with Crippen LogP contribution in [-0.2, 0) is 9.53 Å². The van der Waals surface area contributed by atoms with Crippen molar-refractivity contribution in [2.24, 2.45) is 0 Å². The van der Waals surface area contributed by atoms with E-state index in [1.807, 2.05) is 48.5 Å². The standard InChI is InChI=1S/C19H18O2/c1-14(20)17-12-13-18(15-8-4-2-5-9-15)21-19(17)16-10-6-3-7-11-16/h2-11,18H,12-13H2,1H3. The molecule has 0 aromatic heterocycles. The van der Waals surface area contributed by atoms with Gasteiger partial charge in [-0.25, -0.2) is 0 Å². The van der Waals surface area contributed by atoms with Gasteiger partial charge in [-0.2, -0.15) is 0 Å². The van der Waals surface area contributed by atoms with Gasteiger partial charge >= 0.3 is 0 Å². The molecule has 1 unspecified atom stereocenters. The van der Waals surface area contributed by atoms with Crippen LogP contribution in [0.25, 0.3) is 5.76 Å². The Morgan fingerprint density at radius 3 is 2.24 bits per heavy atom. The number of Topliss-reactive ketones (excluding diaryl/α,β-unsaturated/α-hetero) is 1. The van der Waals surface area contributed by atoms with Gasteiger partial charge in [-0.3, -0.25) is 4.79 Å². The summed E-state index contributed by atoms with van der Waals surface area (Å²) in [6.45, 7) is 1.62. The lowest BCUT2D eigenvalue weighted by Crippen LogP contribution is -2.15. The van der Waals surface area contributed by atoms with Gasteiger partial charge in [0.05, 0.1) is 0 Å². The number of rotatable bonds is 3. The molecule has 2 nitrogen and oxygen atoms in total. The van der Waals surface area contributed by atoms with Crippen LogP contribution >= 0.6 is 0 Å². The molecule has 3 rings (SSSR count). The number of benzene rings is 2. The van der Waals surface area contributed by atoms with Crippen LogP contribution in [0.4, 0.5) is 0 Å². The van der Waals surface area contributed by atoms with Crippen molar-refractivity contribution in [1.29, 1.82) is 0 Å². The van der Waals surface area contributed by atoms with Crippen LogP contribution in [0.2, 0.25) is 0 Å². The van der Waals surface area contributed by atoms with E-state index in [0.717, 1.165) is 35.3 Å². The summed E-state index contributed by atoms with van der Waals surface area (Å²) in [6.07, 6.45) is 1.62. The fourth-order valence-electron chi connectivity index (χ4n) is 2.73. The monoisotopic (exact) mass is 278 g/mol. The minimum absolute atomic E-state index is 0.0181. The highest BCUT2D eigenvalue weighted by molar-refractivity contribution is 6.00. The lowest BCUT2D eigenvalue weighted by molar-refractivity contribution is -0.114. The first-order chi connectivity index (χ1) is 10.3. The molecule has 106 valence electrons. The minimum atomic E-state index is 0.0181. The summed E-state index contributed by atoms with van der Waals surface area (Å²) in [5.74, 6) is 0.837. The van der Waals surface area contributed by atoms with E-state index in [4.69, 9.17) is 4.74 Å². The average molecular weight is 278 g/mol. The highest BCUT2D eigenvalue weighted by atomic mass is 16.5. The molecule has 1 atom stereocenters. The topological polar surface area (TPSA) is 26.3 Å². The van der Waals surface area contributed by atoms with Crippen LogP contribution in [-0.4, -0.2) is 5.78 Å². The number of carbonyl (C=O) groups is 1. The molecule has 1 heterocycles. The van der Waals surface area contributed by atoms with Crippen LogP contribution in [0.1, 0.15) is 37.0 Å². The summed E-state index contributed by atoms with van der Waals surface area (Å²) >= 11 is 0. The summed E-state index contributed by atoms with van der Waals surface area (Å²) in [5.41, 5.74) is 2.94. The molecule has 0 aliphatic carbocycles. The highest BCUT2D eigenvalue weighted by Gasteiger charge is 2.26. The molecular weight excluding hydrogens is 260 g/mol. The second kappa shape index (κ2) is 5.96. The van der Waals surface area contributed by atoms with E-state index in [1.54, 1.807) is 6.92 Å². The van der Waals surface area contributed by atoms with E-state index in [1.165, 1.54) is 0 Å². The summed E-state index contributed by atoms with van der Waals surface area (Å²) in [7, 11) is 0. The van der Waals surface area contributed by atoms with Crippen molar-refractivity contribution in [1.82, 2.24) is 0 Å². The maximum atomic E-state index is 11.9. The zero-order chi connectivity index (χ0) is 14.7. The summed E-state index contributed by atoms with van der Waals surface area (Å²) in [6, 6.07) is 20.1. The van der Waals surface area contributed by atoms with Crippen molar-refractivity contribution < 1.29 is 9.53 Å². The van der Waals surface area contributed by atoms with Crippen molar-refractivity contribution in [2.45, 2.75) is 25.9 Å². The number of ether oxygens (including phenoxy) is 1. The third-order valence-corrected chi connectivity index (χ3v) is 3.82. The number of hydrogen-bond donors (Lipinski definition) is 0. The van der Waals surface area contributed by atoms with Gasteiger partial charge < -0.3 is 4.74 Å². The van der Waals surface area contributed by atoms with Gasteiger partial charge in [0.1, 0.15) is 11.9 Å². The van der Waals surface area contributed by atoms with Gasteiger partial charge in [-0.15, -0.1) is 0 Å². The fraction of sp³-hybridized carbons (Fsp3) is 0.211. The molecule has 1 aliphatic rings. The maximum Gasteiger partial charge on any atom is 0.159 e. The summed E-state index contributed by atoms with van der Waals surface area (Å²) in [4.78, 5) is 11.9. The van der Waals surface area contributed by atoms with Crippen molar-refractivity contribution >= 4 is 11.5 Å². The van der Waals surface area contributed by atoms with Gasteiger partial charge in [0, 0.05) is 11.1 Å². The van der Waals surface area contributed by atoms with Crippen LogP contribution in [0, 0.1) is 0 Å². The second-order valence-corrected chi connectivity index (χ2v) is 5.29. The Morgan fingerprint density at radius 2 is 1.62 bits per heavy atom. The van der Waals surface area contributed by atoms with E-state index in [0.29, 0.717) is 0 Å². The van der Waals surface area contributed by atoms with Gasteiger partial charge in [0.2, 0.25) is 0 Å². The number of allylic oxidation sites excluding steroid dienone is 1. The van der Waals surface area contributed by atoms with Crippen molar-refractivity contribution in [3.63, 3.8) is 0 Å².